The number of nitrogen functional groups attached to an aromatic ring is 1. The fourth-order valence-corrected chi connectivity index (χ4v) is 2.55. The molecule has 1 atom stereocenters. The SMILES string of the molecule is Cc1nn(C)c(C(=O)NC(C)C2CCOCC2)c1N. The molecular formula is C13H22N4O2. The molecule has 2 heterocycles. The lowest BCUT2D eigenvalue weighted by molar-refractivity contribution is 0.0537. The molecule has 0 radical (unpaired) electrons. The Hall–Kier alpha value is -1.56. The Bertz CT molecular complexity index is 463. The van der Waals surface area contributed by atoms with Gasteiger partial charge in [-0.25, -0.2) is 0 Å². The van der Waals surface area contributed by atoms with Gasteiger partial charge in [0.05, 0.1) is 11.4 Å². The van der Waals surface area contributed by atoms with E-state index in [9.17, 15) is 4.79 Å². The highest BCUT2D eigenvalue weighted by molar-refractivity contribution is 5.98. The van der Waals surface area contributed by atoms with Crippen LogP contribution in [-0.2, 0) is 11.8 Å². The van der Waals surface area contributed by atoms with Crippen LogP contribution in [0.3, 0.4) is 0 Å². The molecule has 0 saturated carbocycles. The monoisotopic (exact) mass is 266 g/mol. The third-order valence-electron chi connectivity index (χ3n) is 3.82. The standard InChI is InChI=1S/C13H22N4O2/c1-8(10-4-6-19-7-5-10)15-13(18)12-11(14)9(2)16-17(12)3/h8,10H,4-7,14H2,1-3H3,(H,15,18). The number of carbonyl (C=O) groups is 1. The summed E-state index contributed by atoms with van der Waals surface area (Å²) >= 11 is 0. The number of aryl methyl sites for hydroxylation is 2. The lowest BCUT2D eigenvalue weighted by Gasteiger charge is -2.28. The third kappa shape index (κ3) is 2.89. The molecule has 6 nitrogen and oxygen atoms in total. The van der Waals surface area contributed by atoms with E-state index in [1.165, 1.54) is 4.68 Å². The molecule has 0 spiro atoms. The van der Waals surface area contributed by atoms with Gasteiger partial charge >= 0.3 is 0 Å². The van der Waals surface area contributed by atoms with Crippen LogP contribution in [0.1, 0.15) is 35.9 Å². The summed E-state index contributed by atoms with van der Waals surface area (Å²) in [5.41, 5.74) is 7.48. The number of rotatable bonds is 3. The van der Waals surface area contributed by atoms with E-state index in [2.05, 4.69) is 10.4 Å². The zero-order valence-electron chi connectivity index (χ0n) is 11.8. The topological polar surface area (TPSA) is 82.2 Å². The van der Waals surface area contributed by atoms with Crippen LogP contribution in [0.4, 0.5) is 5.69 Å². The van der Waals surface area contributed by atoms with Crippen molar-refractivity contribution in [2.75, 3.05) is 18.9 Å². The van der Waals surface area contributed by atoms with Crippen LogP contribution in [0.25, 0.3) is 0 Å². The van der Waals surface area contributed by atoms with E-state index in [0.29, 0.717) is 23.0 Å². The molecule has 1 amide bonds. The van der Waals surface area contributed by atoms with E-state index in [-0.39, 0.29) is 11.9 Å². The van der Waals surface area contributed by atoms with Crippen molar-refractivity contribution < 1.29 is 9.53 Å². The number of amides is 1. The van der Waals surface area contributed by atoms with E-state index < -0.39 is 0 Å². The molecule has 6 heteroatoms. The number of hydrogen-bond donors (Lipinski definition) is 2. The van der Waals surface area contributed by atoms with Gasteiger partial charge in [0.25, 0.3) is 5.91 Å². The van der Waals surface area contributed by atoms with E-state index in [0.717, 1.165) is 26.1 Å². The zero-order chi connectivity index (χ0) is 14.0. The van der Waals surface area contributed by atoms with Gasteiger partial charge in [-0.3, -0.25) is 9.48 Å². The maximum atomic E-state index is 12.3. The Morgan fingerprint density at radius 1 is 1.53 bits per heavy atom. The Morgan fingerprint density at radius 2 is 2.16 bits per heavy atom. The lowest BCUT2D eigenvalue weighted by Crippen LogP contribution is -2.41. The average molecular weight is 266 g/mol. The number of ether oxygens (including phenoxy) is 1. The summed E-state index contributed by atoms with van der Waals surface area (Å²) in [5, 5.41) is 7.19. The van der Waals surface area contributed by atoms with E-state index in [1.54, 1.807) is 14.0 Å². The third-order valence-corrected chi connectivity index (χ3v) is 3.82. The van der Waals surface area contributed by atoms with Crippen LogP contribution in [0, 0.1) is 12.8 Å². The molecule has 1 saturated heterocycles. The molecule has 19 heavy (non-hydrogen) atoms. The predicted molar refractivity (Wildman–Crippen MR) is 72.8 cm³/mol. The van der Waals surface area contributed by atoms with Crippen LogP contribution in [0.2, 0.25) is 0 Å². The summed E-state index contributed by atoms with van der Waals surface area (Å²) in [6, 6.07) is 0.117. The second-order valence-electron chi connectivity index (χ2n) is 5.18. The van der Waals surface area contributed by atoms with Crippen molar-refractivity contribution in [3.8, 4) is 0 Å². The molecule has 0 aliphatic carbocycles. The highest BCUT2D eigenvalue weighted by Gasteiger charge is 2.24. The summed E-state index contributed by atoms with van der Waals surface area (Å²) < 4.78 is 6.87. The highest BCUT2D eigenvalue weighted by Crippen LogP contribution is 2.20. The summed E-state index contributed by atoms with van der Waals surface area (Å²) in [7, 11) is 1.73. The molecule has 1 aromatic rings. The maximum absolute atomic E-state index is 12.3. The Morgan fingerprint density at radius 3 is 2.68 bits per heavy atom. The second-order valence-corrected chi connectivity index (χ2v) is 5.18. The number of nitrogens with two attached hydrogens (primary N) is 1. The molecule has 0 bridgehead atoms. The lowest BCUT2D eigenvalue weighted by atomic mass is 9.93. The second kappa shape index (κ2) is 5.61. The quantitative estimate of drug-likeness (QED) is 0.850. The first-order chi connectivity index (χ1) is 9.00. The first kappa shape index (κ1) is 13.9. The van der Waals surface area contributed by atoms with E-state index >= 15 is 0 Å². The molecule has 1 fully saturated rings. The highest BCUT2D eigenvalue weighted by atomic mass is 16.5. The van der Waals surface area contributed by atoms with Gasteiger partial charge in [0.15, 0.2) is 0 Å². The van der Waals surface area contributed by atoms with Gasteiger partial charge in [0.1, 0.15) is 5.69 Å². The summed E-state index contributed by atoms with van der Waals surface area (Å²) in [6.07, 6.45) is 1.97. The van der Waals surface area contributed by atoms with Crippen LogP contribution in [0.15, 0.2) is 0 Å². The largest absolute Gasteiger partial charge is 0.395 e. The van der Waals surface area contributed by atoms with Crippen molar-refractivity contribution in [3.05, 3.63) is 11.4 Å². The Balaban J connectivity index is 2.04. The Kier molecular flexibility index (Phi) is 4.09. The van der Waals surface area contributed by atoms with Crippen molar-refractivity contribution >= 4 is 11.6 Å². The fourth-order valence-electron chi connectivity index (χ4n) is 2.55. The van der Waals surface area contributed by atoms with Crippen molar-refractivity contribution in [3.63, 3.8) is 0 Å². The van der Waals surface area contributed by atoms with Gasteiger partial charge in [-0.15, -0.1) is 0 Å². The number of carbonyl (C=O) groups excluding carboxylic acids is 1. The molecule has 1 aromatic heterocycles. The van der Waals surface area contributed by atoms with Crippen LogP contribution in [0.5, 0.6) is 0 Å². The minimum atomic E-state index is -0.153. The molecule has 1 aliphatic heterocycles. The number of anilines is 1. The van der Waals surface area contributed by atoms with Gasteiger partial charge in [0, 0.05) is 26.3 Å². The average Bonchev–Trinajstić information content (AvgIpc) is 2.64. The molecule has 1 unspecified atom stereocenters. The number of nitrogens with zero attached hydrogens (tertiary/aromatic N) is 2. The van der Waals surface area contributed by atoms with E-state index in [1.807, 2.05) is 6.92 Å². The number of aromatic nitrogens is 2. The smallest absolute Gasteiger partial charge is 0.271 e. The molecular weight excluding hydrogens is 244 g/mol. The summed E-state index contributed by atoms with van der Waals surface area (Å²) in [6.45, 7) is 5.39. The maximum Gasteiger partial charge on any atom is 0.271 e. The van der Waals surface area contributed by atoms with Gasteiger partial charge in [-0.1, -0.05) is 0 Å². The van der Waals surface area contributed by atoms with Gasteiger partial charge in [-0.05, 0) is 32.6 Å². The first-order valence-electron chi connectivity index (χ1n) is 6.68. The van der Waals surface area contributed by atoms with Crippen molar-refractivity contribution in [2.24, 2.45) is 13.0 Å². The summed E-state index contributed by atoms with van der Waals surface area (Å²) in [4.78, 5) is 12.3. The van der Waals surface area contributed by atoms with E-state index in [4.69, 9.17) is 10.5 Å². The van der Waals surface area contributed by atoms with Gasteiger partial charge < -0.3 is 15.8 Å². The predicted octanol–water partition coefficient (Wildman–Crippen LogP) is 0.856. The van der Waals surface area contributed by atoms with Crippen molar-refractivity contribution in [1.82, 2.24) is 15.1 Å². The molecule has 0 aromatic carbocycles. The summed E-state index contributed by atoms with van der Waals surface area (Å²) in [5.74, 6) is 0.313. The van der Waals surface area contributed by atoms with Crippen LogP contribution >= 0.6 is 0 Å². The normalized spacial score (nSPS) is 18.3. The molecule has 1 aliphatic rings. The first-order valence-corrected chi connectivity index (χ1v) is 6.68. The van der Waals surface area contributed by atoms with Crippen molar-refractivity contribution in [2.45, 2.75) is 32.7 Å². The number of nitrogens with one attached hydrogen (secondary N) is 1. The van der Waals surface area contributed by atoms with Crippen molar-refractivity contribution in [1.29, 1.82) is 0 Å². The van der Waals surface area contributed by atoms with Gasteiger partial charge in [-0.2, -0.15) is 5.10 Å². The Labute approximate surface area is 113 Å². The zero-order valence-corrected chi connectivity index (χ0v) is 11.8. The van der Waals surface area contributed by atoms with Crippen LogP contribution in [-0.4, -0.2) is 34.9 Å². The molecule has 2 rings (SSSR count). The molecule has 106 valence electrons. The van der Waals surface area contributed by atoms with Crippen LogP contribution < -0.4 is 11.1 Å². The van der Waals surface area contributed by atoms with Gasteiger partial charge in [0.2, 0.25) is 0 Å². The molecule has 3 N–H and O–H groups in total. The minimum Gasteiger partial charge on any atom is -0.395 e. The fraction of sp³-hybridized carbons (Fsp3) is 0.692. The number of hydrogen-bond acceptors (Lipinski definition) is 4. The minimum absolute atomic E-state index is 0.117.